The Morgan fingerprint density at radius 3 is 2.67 bits per heavy atom. The van der Waals surface area contributed by atoms with Crippen molar-refractivity contribution in [1.29, 1.82) is 0 Å². The second-order valence-electron chi connectivity index (χ2n) is 6.00. The highest BCUT2D eigenvalue weighted by Crippen LogP contribution is 2.32. The molecule has 0 N–H and O–H groups in total. The lowest BCUT2D eigenvalue weighted by Crippen LogP contribution is -2.48. The summed E-state index contributed by atoms with van der Waals surface area (Å²) in [6.07, 6.45) is 0.411. The van der Waals surface area contributed by atoms with Crippen LogP contribution in [0.15, 0.2) is 18.2 Å². The van der Waals surface area contributed by atoms with Crippen molar-refractivity contribution < 1.29 is 18.7 Å². The second-order valence-corrected chi connectivity index (χ2v) is 6.00. The van der Waals surface area contributed by atoms with Crippen LogP contribution in [0.1, 0.15) is 19.4 Å². The number of imide groups is 1. The van der Waals surface area contributed by atoms with Crippen molar-refractivity contribution in [2.24, 2.45) is 0 Å². The summed E-state index contributed by atoms with van der Waals surface area (Å²) in [5.41, 5.74) is -0.182. The van der Waals surface area contributed by atoms with E-state index in [1.165, 1.54) is 21.9 Å². The minimum Gasteiger partial charge on any atom is -0.491 e. The molecule has 0 aliphatic carbocycles. The number of likely N-dealkylation sites (N-methyl/N-ethyl adjacent to an activating group) is 1. The van der Waals surface area contributed by atoms with Crippen LogP contribution in [0.25, 0.3) is 0 Å². The van der Waals surface area contributed by atoms with E-state index in [9.17, 15) is 14.0 Å². The van der Waals surface area contributed by atoms with Crippen LogP contribution in [0.3, 0.4) is 0 Å². The molecule has 6 heteroatoms. The molecule has 2 heterocycles. The molecule has 0 bridgehead atoms. The van der Waals surface area contributed by atoms with Gasteiger partial charge in [-0.05, 0) is 37.6 Å². The number of carbonyl (C=O) groups is 2. The zero-order chi connectivity index (χ0) is 15.4. The molecule has 1 fully saturated rings. The number of hydrogen-bond donors (Lipinski definition) is 0. The summed E-state index contributed by atoms with van der Waals surface area (Å²) in [6.45, 7) is 3.66. The highest BCUT2D eigenvalue weighted by Gasteiger charge is 2.52. The number of rotatable bonds is 1. The SMILES string of the molecule is CN1C(=O)N(C2COc3ccc(F)cc3C2)C(=O)C1(C)C. The number of ether oxygens (including phenoxy) is 1. The Hall–Kier alpha value is -2.11. The Labute approximate surface area is 122 Å². The smallest absolute Gasteiger partial charge is 0.327 e. The van der Waals surface area contributed by atoms with Crippen LogP contribution in [0.5, 0.6) is 5.75 Å². The number of hydrogen-bond acceptors (Lipinski definition) is 3. The molecule has 5 nitrogen and oxygen atoms in total. The van der Waals surface area contributed by atoms with Gasteiger partial charge in [-0.25, -0.2) is 9.18 Å². The molecule has 1 unspecified atom stereocenters. The normalized spacial score (nSPS) is 24.1. The van der Waals surface area contributed by atoms with Crippen LogP contribution in [-0.4, -0.2) is 47.0 Å². The summed E-state index contributed by atoms with van der Waals surface area (Å²) in [5.74, 6) is 0.0114. The third-order valence-electron chi connectivity index (χ3n) is 4.35. The first-order chi connectivity index (χ1) is 9.82. The number of carbonyl (C=O) groups excluding carboxylic acids is 2. The van der Waals surface area contributed by atoms with Crippen LogP contribution < -0.4 is 4.74 Å². The summed E-state index contributed by atoms with van der Waals surface area (Å²) >= 11 is 0. The summed E-state index contributed by atoms with van der Waals surface area (Å²) in [5, 5.41) is 0. The first-order valence-corrected chi connectivity index (χ1v) is 6.85. The van der Waals surface area contributed by atoms with Gasteiger partial charge in [0.25, 0.3) is 5.91 Å². The third kappa shape index (κ3) is 1.97. The molecule has 21 heavy (non-hydrogen) atoms. The highest BCUT2D eigenvalue weighted by molar-refractivity contribution is 6.06. The maximum Gasteiger partial charge on any atom is 0.327 e. The molecule has 2 aliphatic heterocycles. The lowest BCUT2D eigenvalue weighted by molar-refractivity contribution is -0.133. The van der Waals surface area contributed by atoms with Crippen LogP contribution in [0, 0.1) is 5.82 Å². The van der Waals surface area contributed by atoms with E-state index in [0.29, 0.717) is 17.7 Å². The number of fused-ring (bicyclic) bond motifs is 1. The Morgan fingerprint density at radius 2 is 2.05 bits per heavy atom. The van der Waals surface area contributed by atoms with E-state index < -0.39 is 11.6 Å². The molecule has 2 aliphatic rings. The summed E-state index contributed by atoms with van der Waals surface area (Å²) < 4.78 is 18.9. The number of halogens is 1. The molecule has 112 valence electrons. The van der Waals surface area contributed by atoms with Gasteiger partial charge in [-0.2, -0.15) is 0 Å². The fourth-order valence-corrected chi connectivity index (χ4v) is 2.76. The van der Waals surface area contributed by atoms with E-state index in [1.54, 1.807) is 27.0 Å². The van der Waals surface area contributed by atoms with Crippen LogP contribution in [-0.2, 0) is 11.2 Å². The molecule has 3 amide bonds. The minimum absolute atomic E-state index is 0.236. The van der Waals surface area contributed by atoms with Crippen LogP contribution >= 0.6 is 0 Å². The fourth-order valence-electron chi connectivity index (χ4n) is 2.76. The van der Waals surface area contributed by atoms with Crippen LogP contribution in [0.2, 0.25) is 0 Å². The van der Waals surface area contributed by atoms with Crippen molar-refractivity contribution >= 4 is 11.9 Å². The quantitative estimate of drug-likeness (QED) is 0.742. The first kappa shape index (κ1) is 13.9. The zero-order valence-electron chi connectivity index (χ0n) is 12.2. The highest BCUT2D eigenvalue weighted by atomic mass is 19.1. The second kappa shape index (κ2) is 4.44. The summed E-state index contributed by atoms with van der Waals surface area (Å²) in [6, 6.07) is 3.57. The predicted molar refractivity (Wildman–Crippen MR) is 73.5 cm³/mol. The molecule has 0 radical (unpaired) electrons. The maximum absolute atomic E-state index is 13.3. The number of urea groups is 1. The Morgan fingerprint density at radius 1 is 1.33 bits per heavy atom. The van der Waals surface area contributed by atoms with Gasteiger partial charge in [0.2, 0.25) is 0 Å². The lowest BCUT2D eigenvalue weighted by atomic mass is 9.99. The third-order valence-corrected chi connectivity index (χ3v) is 4.35. The number of benzene rings is 1. The standard InChI is InChI=1S/C15H17FN2O3/c1-15(2)13(19)18(14(20)17(15)3)11-7-9-6-10(16)4-5-12(9)21-8-11/h4-6,11H,7-8H2,1-3H3. The van der Waals surface area contributed by atoms with Gasteiger partial charge in [-0.15, -0.1) is 0 Å². The number of nitrogens with zero attached hydrogens (tertiary/aromatic N) is 2. The number of amides is 3. The van der Waals surface area contributed by atoms with E-state index in [-0.39, 0.29) is 24.4 Å². The average Bonchev–Trinajstić information content (AvgIpc) is 2.59. The van der Waals surface area contributed by atoms with Crippen molar-refractivity contribution in [1.82, 2.24) is 9.80 Å². The van der Waals surface area contributed by atoms with Crippen molar-refractivity contribution in [2.75, 3.05) is 13.7 Å². The maximum atomic E-state index is 13.3. The van der Waals surface area contributed by atoms with Gasteiger partial charge in [0, 0.05) is 13.5 Å². The van der Waals surface area contributed by atoms with E-state index in [1.807, 2.05) is 0 Å². The predicted octanol–water partition coefficient (Wildman–Crippen LogP) is 1.80. The molecular weight excluding hydrogens is 275 g/mol. The molecule has 1 saturated heterocycles. The molecule has 1 atom stereocenters. The van der Waals surface area contributed by atoms with E-state index >= 15 is 0 Å². The van der Waals surface area contributed by atoms with E-state index in [2.05, 4.69) is 0 Å². The summed E-state index contributed by atoms with van der Waals surface area (Å²) in [7, 11) is 1.61. The van der Waals surface area contributed by atoms with Crippen molar-refractivity contribution in [2.45, 2.75) is 31.8 Å². The van der Waals surface area contributed by atoms with Crippen molar-refractivity contribution in [3.8, 4) is 5.75 Å². The van der Waals surface area contributed by atoms with Crippen LogP contribution in [0.4, 0.5) is 9.18 Å². The topological polar surface area (TPSA) is 49.9 Å². The Balaban J connectivity index is 1.90. The molecule has 3 rings (SSSR count). The monoisotopic (exact) mass is 292 g/mol. The molecule has 1 aromatic carbocycles. The van der Waals surface area contributed by atoms with E-state index in [0.717, 1.165) is 0 Å². The zero-order valence-corrected chi connectivity index (χ0v) is 12.2. The van der Waals surface area contributed by atoms with Gasteiger partial charge in [0.1, 0.15) is 23.7 Å². The summed E-state index contributed by atoms with van der Waals surface area (Å²) in [4.78, 5) is 27.4. The Kier molecular flexibility index (Phi) is 2.93. The van der Waals surface area contributed by atoms with Gasteiger partial charge >= 0.3 is 6.03 Å². The molecule has 0 saturated carbocycles. The van der Waals surface area contributed by atoms with Gasteiger partial charge in [-0.3, -0.25) is 9.69 Å². The molecule has 1 aromatic rings. The molecule has 0 aromatic heterocycles. The van der Waals surface area contributed by atoms with Gasteiger partial charge in [-0.1, -0.05) is 0 Å². The lowest BCUT2D eigenvalue weighted by Gasteiger charge is -2.30. The van der Waals surface area contributed by atoms with Gasteiger partial charge in [0.05, 0.1) is 6.04 Å². The largest absolute Gasteiger partial charge is 0.491 e. The van der Waals surface area contributed by atoms with Gasteiger partial charge in [0.15, 0.2) is 0 Å². The van der Waals surface area contributed by atoms with E-state index in [4.69, 9.17) is 4.74 Å². The van der Waals surface area contributed by atoms with Crippen molar-refractivity contribution in [3.63, 3.8) is 0 Å². The van der Waals surface area contributed by atoms with Gasteiger partial charge < -0.3 is 9.64 Å². The van der Waals surface area contributed by atoms with Crippen molar-refractivity contribution in [3.05, 3.63) is 29.6 Å². The average molecular weight is 292 g/mol. The molecular formula is C15H17FN2O3. The Bertz CT molecular complexity index is 629. The first-order valence-electron chi connectivity index (χ1n) is 6.85. The molecule has 0 spiro atoms. The fraction of sp³-hybridized carbons (Fsp3) is 0.467. The minimum atomic E-state index is -0.862.